The standard InChI is InChI=1S/C31H35N7O3S/c1-41-35-30(40)27-20-38(25-10-9-22-6-4-7-23(22)18-25)29-26(28(27)39)19-32-31(34-29)33-24-8-3-5-21(17-24)11-12-36-13-15-37(42-2)16-14-36/h3,5,8-10,17-20H,4,6-7,11-16H2,1-2H3,(H,35,40)(H,32,33,34). The number of carbonyl (C=O) groups is 1. The van der Waals surface area contributed by atoms with Crippen LogP contribution in [0.4, 0.5) is 11.6 Å². The van der Waals surface area contributed by atoms with Gasteiger partial charge in [0, 0.05) is 56.5 Å². The summed E-state index contributed by atoms with van der Waals surface area (Å²) in [5.74, 6) is -0.249. The SMILES string of the molecule is CONC(=O)c1cn(-c2ccc3c(c2)CCC3)c2nc(Nc3cccc(CCN4CCN(SC)CC4)c3)ncc2c1=O. The maximum absolute atomic E-state index is 13.3. The van der Waals surface area contributed by atoms with Crippen molar-refractivity contribution >= 4 is 40.5 Å². The maximum Gasteiger partial charge on any atom is 0.280 e. The highest BCUT2D eigenvalue weighted by molar-refractivity contribution is 7.96. The number of pyridine rings is 1. The molecule has 0 radical (unpaired) electrons. The Morgan fingerprint density at radius 2 is 1.90 bits per heavy atom. The van der Waals surface area contributed by atoms with Crippen LogP contribution < -0.4 is 16.2 Å². The van der Waals surface area contributed by atoms with Gasteiger partial charge in [0.25, 0.3) is 5.91 Å². The first kappa shape index (κ1) is 28.4. The van der Waals surface area contributed by atoms with Crippen LogP contribution >= 0.6 is 11.9 Å². The lowest BCUT2D eigenvalue weighted by atomic mass is 10.1. The molecule has 0 unspecified atom stereocenters. The summed E-state index contributed by atoms with van der Waals surface area (Å²) in [6.07, 6.45) is 9.30. The van der Waals surface area contributed by atoms with Crippen LogP contribution in [0.2, 0.25) is 0 Å². The minimum Gasteiger partial charge on any atom is -0.324 e. The zero-order valence-electron chi connectivity index (χ0n) is 23.9. The first-order chi connectivity index (χ1) is 20.5. The Labute approximate surface area is 249 Å². The molecule has 0 atom stereocenters. The van der Waals surface area contributed by atoms with Crippen molar-refractivity contribution in [1.82, 2.24) is 29.2 Å². The van der Waals surface area contributed by atoms with E-state index >= 15 is 0 Å². The summed E-state index contributed by atoms with van der Waals surface area (Å²) in [5, 5.41) is 3.58. The lowest BCUT2D eigenvalue weighted by Crippen LogP contribution is -2.43. The number of hydrogen-bond acceptors (Lipinski definition) is 9. The normalized spacial score (nSPS) is 15.6. The van der Waals surface area contributed by atoms with Crippen LogP contribution in [0, 0.1) is 0 Å². The van der Waals surface area contributed by atoms with Crippen LogP contribution in [0.5, 0.6) is 0 Å². The summed E-state index contributed by atoms with van der Waals surface area (Å²) >= 11 is 1.82. The monoisotopic (exact) mass is 585 g/mol. The minimum atomic E-state index is -0.621. The fourth-order valence-electron chi connectivity index (χ4n) is 5.74. The van der Waals surface area contributed by atoms with Crippen molar-refractivity contribution in [3.8, 4) is 5.69 Å². The van der Waals surface area contributed by atoms with Gasteiger partial charge in [-0.15, -0.1) is 0 Å². The quantitative estimate of drug-likeness (QED) is 0.225. The van der Waals surface area contributed by atoms with Gasteiger partial charge in [-0.05, 0) is 72.9 Å². The minimum absolute atomic E-state index is 0.0447. The lowest BCUT2D eigenvalue weighted by Gasteiger charge is -2.33. The summed E-state index contributed by atoms with van der Waals surface area (Å²) in [6.45, 7) is 5.38. The Bertz CT molecular complexity index is 1670. The van der Waals surface area contributed by atoms with E-state index in [1.807, 2.05) is 30.1 Å². The van der Waals surface area contributed by atoms with Crippen LogP contribution in [0.25, 0.3) is 16.7 Å². The van der Waals surface area contributed by atoms with Crippen molar-refractivity contribution in [3.63, 3.8) is 0 Å². The molecule has 0 spiro atoms. The molecule has 4 aromatic rings. The van der Waals surface area contributed by atoms with Crippen LogP contribution in [0.1, 0.15) is 33.5 Å². The first-order valence-corrected chi connectivity index (χ1v) is 15.5. The Kier molecular flexibility index (Phi) is 8.52. The van der Waals surface area contributed by atoms with Crippen LogP contribution in [0.3, 0.4) is 0 Å². The van der Waals surface area contributed by atoms with E-state index in [9.17, 15) is 9.59 Å². The van der Waals surface area contributed by atoms with Crippen LogP contribution in [-0.4, -0.2) is 75.7 Å². The Balaban J connectivity index is 1.29. The molecule has 1 aliphatic heterocycles. The molecule has 42 heavy (non-hydrogen) atoms. The van der Waals surface area contributed by atoms with Crippen molar-refractivity contribution in [2.75, 3.05) is 51.4 Å². The van der Waals surface area contributed by atoms with E-state index in [2.05, 4.69) is 55.5 Å². The largest absolute Gasteiger partial charge is 0.324 e. The lowest BCUT2D eigenvalue weighted by molar-refractivity contribution is 0.0536. The van der Waals surface area contributed by atoms with Crippen LogP contribution in [0.15, 0.2) is 59.7 Å². The summed E-state index contributed by atoms with van der Waals surface area (Å²) < 4.78 is 4.20. The van der Waals surface area contributed by atoms with Gasteiger partial charge < -0.3 is 14.8 Å². The highest BCUT2D eigenvalue weighted by atomic mass is 32.2. The molecule has 2 N–H and O–H groups in total. The molecule has 1 fully saturated rings. The second-order valence-corrected chi connectivity index (χ2v) is 11.5. The number of benzene rings is 2. The van der Waals surface area contributed by atoms with Gasteiger partial charge in [-0.25, -0.2) is 14.8 Å². The third kappa shape index (κ3) is 6.05. The molecule has 218 valence electrons. The van der Waals surface area contributed by atoms with Gasteiger partial charge in [-0.1, -0.05) is 30.1 Å². The Morgan fingerprint density at radius 1 is 1.07 bits per heavy atom. The van der Waals surface area contributed by atoms with Crippen molar-refractivity contribution < 1.29 is 9.63 Å². The third-order valence-electron chi connectivity index (χ3n) is 8.03. The number of rotatable bonds is 9. The van der Waals surface area contributed by atoms with E-state index < -0.39 is 11.3 Å². The number of hydroxylamine groups is 1. The molecular formula is C31H35N7O3S. The Hall–Kier alpha value is -3.77. The number of nitrogens with zero attached hydrogens (tertiary/aromatic N) is 5. The number of carbonyl (C=O) groups excluding carboxylic acids is 1. The number of fused-ring (bicyclic) bond motifs is 2. The Morgan fingerprint density at radius 3 is 2.71 bits per heavy atom. The first-order valence-electron chi connectivity index (χ1n) is 14.3. The predicted molar refractivity (Wildman–Crippen MR) is 167 cm³/mol. The van der Waals surface area contributed by atoms with Crippen molar-refractivity contribution in [2.24, 2.45) is 0 Å². The van der Waals surface area contributed by atoms with Gasteiger partial charge in [-0.2, -0.15) is 4.98 Å². The molecular weight excluding hydrogens is 550 g/mol. The number of aromatic nitrogens is 3. The van der Waals surface area contributed by atoms with Crippen molar-refractivity contribution in [3.05, 3.63) is 87.3 Å². The highest BCUT2D eigenvalue weighted by Gasteiger charge is 2.20. The van der Waals surface area contributed by atoms with E-state index in [1.54, 1.807) is 4.57 Å². The molecule has 1 amide bonds. The maximum atomic E-state index is 13.3. The molecule has 2 aromatic heterocycles. The van der Waals surface area contributed by atoms with Crippen LogP contribution in [-0.2, 0) is 24.1 Å². The molecule has 1 saturated heterocycles. The number of hydrogen-bond donors (Lipinski definition) is 2. The predicted octanol–water partition coefficient (Wildman–Crippen LogP) is 3.74. The van der Waals surface area contributed by atoms with Crippen molar-refractivity contribution in [2.45, 2.75) is 25.7 Å². The van der Waals surface area contributed by atoms with E-state index in [0.717, 1.165) is 69.8 Å². The number of anilines is 2. The third-order valence-corrected chi connectivity index (χ3v) is 8.91. The molecule has 3 heterocycles. The molecule has 10 nitrogen and oxygen atoms in total. The fraction of sp³-hybridized carbons (Fsp3) is 0.355. The van der Waals surface area contributed by atoms with E-state index in [1.165, 1.54) is 36.2 Å². The van der Waals surface area contributed by atoms with E-state index in [-0.39, 0.29) is 10.9 Å². The fourth-order valence-corrected chi connectivity index (χ4v) is 6.27. The topological polar surface area (TPSA) is 105 Å². The number of aryl methyl sites for hydroxylation is 2. The van der Waals surface area contributed by atoms with Gasteiger partial charge in [0.05, 0.1) is 12.5 Å². The van der Waals surface area contributed by atoms with Gasteiger partial charge in [0.15, 0.2) is 5.65 Å². The smallest absolute Gasteiger partial charge is 0.280 e. The summed E-state index contributed by atoms with van der Waals surface area (Å²) in [5.41, 5.74) is 7.73. The van der Waals surface area contributed by atoms with Gasteiger partial charge in [0.2, 0.25) is 11.4 Å². The average molecular weight is 586 g/mol. The number of nitrogens with one attached hydrogen (secondary N) is 2. The molecule has 1 aliphatic carbocycles. The molecule has 0 saturated carbocycles. The molecule has 11 heteroatoms. The van der Waals surface area contributed by atoms with E-state index in [4.69, 9.17) is 9.82 Å². The van der Waals surface area contributed by atoms with E-state index in [0.29, 0.717) is 11.6 Å². The summed E-state index contributed by atoms with van der Waals surface area (Å²) in [4.78, 5) is 42.6. The van der Waals surface area contributed by atoms with Crippen molar-refractivity contribution in [1.29, 1.82) is 0 Å². The zero-order chi connectivity index (χ0) is 29.1. The second kappa shape index (κ2) is 12.6. The number of amides is 1. The van der Waals surface area contributed by atoms with Gasteiger partial charge in [0.1, 0.15) is 5.56 Å². The molecule has 2 aliphatic rings. The second-order valence-electron chi connectivity index (χ2n) is 10.6. The zero-order valence-corrected chi connectivity index (χ0v) is 24.7. The summed E-state index contributed by atoms with van der Waals surface area (Å²) in [6, 6.07) is 14.5. The van der Waals surface area contributed by atoms with Gasteiger partial charge >= 0.3 is 0 Å². The molecule has 6 rings (SSSR count). The highest BCUT2D eigenvalue weighted by Crippen LogP contribution is 2.26. The molecule has 2 aromatic carbocycles. The molecule has 0 bridgehead atoms. The number of piperazine rings is 1. The van der Waals surface area contributed by atoms with Gasteiger partial charge in [-0.3, -0.25) is 14.4 Å². The summed E-state index contributed by atoms with van der Waals surface area (Å²) in [7, 11) is 1.33. The average Bonchev–Trinajstić information content (AvgIpc) is 3.49.